The Morgan fingerprint density at radius 2 is 2.36 bits per heavy atom. The summed E-state index contributed by atoms with van der Waals surface area (Å²) < 4.78 is 0. The number of nitrogens with two attached hydrogens (primary N) is 1. The van der Waals surface area contributed by atoms with Crippen LogP contribution in [0.3, 0.4) is 0 Å². The molecule has 1 atom stereocenters. The number of hydrogen-bond acceptors (Lipinski definition) is 2. The largest absolute Gasteiger partial charge is 0.402 e. The Kier molecular flexibility index (Phi) is 1.33. The van der Waals surface area contributed by atoms with Crippen LogP contribution in [-0.4, -0.2) is 0 Å². The molecule has 0 aliphatic heterocycles. The van der Waals surface area contributed by atoms with Crippen LogP contribution in [0.25, 0.3) is 0 Å². The van der Waals surface area contributed by atoms with Crippen molar-refractivity contribution in [2.75, 3.05) is 0 Å². The van der Waals surface area contributed by atoms with E-state index in [1.54, 1.807) is 11.3 Å². The van der Waals surface area contributed by atoms with Crippen LogP contribution >= 0.6 is 11.3 Å². The van der Waals surface area contributed by atoms with Gasteiger partial charge in [-0.25, -0.2) is 0 Å². The van der Waals surface area contributed by atoms with Gasteiger partial charge in [0.15, 0.2) is 0 Å². The van der Waals surface area contributed by atoms with E-state index >= 15 is 0 Å². The second-order valence-corrected chi connectivity index (χ2v) is 4.31. The second kappa shape index (κ2) is 2.11. The lowest BCUT2D eigenvalue weighted by atomic mass is 10.0. The SMILES string of the molecule is CC1(Cc2cccs2)C=C1N. The van der Waals surface area contributed by atoms with Crippen LogP contribution in [0.2, 0.25) is 0 Å². The minimum absolute atomic E-state index is 0.213. The number of allylic oxidation sites excluding steroid dienone is 2. The van der Waals surface area contributed by atoms with E-state index in [9.17, 15) is 0 Å². The molecule has 1 unspecified atom stereocenters. The summed E-state index contributed by atoms with van der Waals surface area (Å²) in [6.45, 7) is 2.18. The second-order valence-electron chi connectivity index (χ2n) is 3.27. The molecule has 2 rings (SSSR count). The van der Waals surface area contributed by atoms with E-state index in [1.165, 1.54) is 4.88 Å². The highest BCUT2D eigenvalue weighted by Gasteiger charge is 2.37. The fraction of sp³-hybridized carbons (Fsp3) is 0.333. The summed E-state index contributed by atoms with van der Waals surface area (Å²) in [6.07, 6.45) is 3.21. The Labute approximate surface area is 70.5 Å². The standard InChI is InChI=1S/C9H11NS/c1-9(6-8(9)10)5-7-3-2-4-11-7/h2-4,6H,5,10H2,1H3. The van der Waals surface area contributed by atoms with Crippen molar-refractivity contribution < 1.29 is 0 Å². The van der Waals surface area contributed by atoms with E-state index in [0.29, 0.717) is 0 Å². The zero-order chi connectivity index (χ0) is 7.90. The summed E-state index contributed by atoms with van der Waals surface area (Å²) in [5.41, 5.74) is 6.94. The molecule has 2 heteroatoms. The first-order valence-electron chi connectivity index (χ1n) is 3.72. The van der Waals surface area contributed by atoms with Gasteiger partial charge in [-0.05, 0) is 17.9 Å². The zero-order valence-electron chi connectivity index (χ0n) is 6.50. The van der Waals surface area contributed by atoms with Gasteiger partial charge < -0.3 is 5.73 Å². The van der Waals surface area contributed by atoms with E-state index in [2.05, 4.69) is 30.5 Å². The number of rotatable bonds is 2. The summed E-state index contributed by atoms with van der Waals surface area (Å²) in [7, 11) is 0. The molecule has 1 aromatic rings. The van der Waals surface area contributed by atoms with Crippen LogP contribution in [0.1, 0.15) is 11.8 Å². The average Bonchev–Trinajstić information content (AvgIpc) is 2.43. The van der Waals surface area contributed by atoms with Gasteiger partial charge in [0.2, 0.25) is 0 Å². The van der Waals surface area contributed by atoms with Gasteiger partial charge in [-0.15, -0.1) is 11.3 Å². The number of thiophene rings is 1. The molecule has 11 heavy (non-hydrogen) atoms. The van der Waals surface area contributed by atoms with Gasteiger partial charge in [-0.3, -0.25) is 0 Å². The van der Waals surface area contributed by atoms with Gasteiger partial charge in [0, 0.05) is 16.0 Å². The van der Waals surface area contributed by atoms with Gasteiger partial charge in [-0.1, -0.05) is 19.1 Å². The molecule has 0 bridgehead atoms. The van der Waals surface area contributed by atoms with Gasteiger partial charge in [0.05, 0.1) is 0 Å². The van der Waals surface area contributed by atoms with Crippen molar-refractivity contribution in [3.63, 3.8) is 0 Å². The van der Waals surface area contributed by atoms with E-state index in [1.807, 2.05) is 0 Å². The van der Waals surface area contributed by atoms with E-state index in [-0.39, 0.29) is 5.41 Å². The Morgan fingerprint density at radius 1 is 1.64 bits per heavy atom. The molecule has 0 aromatic carbocycles. The van der Waals surface area contributed by atoms with Crippen molar-refractivity contribution in [3.05, 3.63) is 34.2 Å². The lowest BCUT2D eigenvalue weighted by molar-refractivity contribution is 0.614. The zero-order valence-corrected chi connectivity index (χ0v) is 7.32. The minimum atomic E-state index is 0.213. The maximum atomic E-state index is 5.68. The Bertz CT molecular complexity index is 287. The molecule has 1 aliphatic carbocycles. The molecule has 0 fully saturated rings. The lowest BCUT2D eigenvalue weighted by Gasteiger charge is -2.07. The molecule has 0 spiro atoms. The Balaban J connectivity index is 2.04. The van der Waals surface area contributed by atoms with Crippen LogP contribution in [0.4, 0.5) is 0 Å². The highest BCUT2D eigenvalue weighted by molar-refractivity contribution is 7.09. The predicted octanol–water partition coefficient (Wildman–Crippen LogP) is 2.15. The first-order chi connectivity index (χ1) is 5.21. The molecule has 0 saturated carbocycles. The fourth-order valence-electron chi connectivity index (χ4n) is 1.24. The highest BCUT2D eigenvalue weighted by atomic mass is 32.1. The molecule has 0 radical (unpaired) electrons. The van der Waals surface area contributed by atoms with Crippen molar-refractivity contribution in [2.45, 2.75) is 13.3 Å². The Hall–Kier alpha value is -0.760. The smallest absolute Gasteiger partial charge is 0.0314 e. The van der Waals surface area contributed by atoms with Crippen LogP contribution in [0, 0.1) is 5.41 Å². The third kappa shape index (κ3) is 1.18. The highest BCUT2D eigenvalue weighted by Crippen LogP contribution is 2.43. The summed E-state index contributed by atoms with van der Waals surface area (Å²) in [5, 5.41) is 2.11. The maximum absolute atomic E-state index is 5.68. The first kappa shape index (κ1) is 6.92. The minimum Gasteiger partial charge on any atom is -0.402 e. The van der Waals surface area contributed by atoms with Crippen LogP contribution in [0.5, 0.6) is 0 Å². The van der Waals surface area contributed by atoms with Crippen molar-refractivity contribution in [2.24, 2.45) is 11.1 Å². The third-order valence-electron chi connectivity index (χ3n) is 2.17. The van der Waals surface area contributed by atoms with Crippen molar-refractivity contribution in [1.82, 2.24) is 0 Å². The lowest BCUT2D eigenvalue weighted by Crippen LogP contribution is -2.07. The van der Waals surface area contributed by atoms with Crippen LogP contribution in [0.15, 0.2) is 29.3 Å². The molecule has 1 aromatic heterocycles. The molecule has 0 saturated heterocycles. The fourth-order valence-corrected chi connectivity index (χ4v) is 2.11. The van der Waals surface area contributed by atoms with Crippen molar-refractivity contribution in [1.29, 1.82) is 0 Å². The normalized spacial score (nSPS) is 28.3. The predicted molar refractivity (Wildman–Crippen MR) is 48.4 cm³/mol. The molecule has 1 nitrogen and oxygen atoms in total. The molecule has 58 valence electrons. The van der Waals surface area contributed by atoms with Crippen molar-refractivity contribution >= 4 is 11.3 Å². The monoisotopic (exact) mass is 165 g/mol. The summed E-state index contributed by atoms with van der Waals surface area (Å²) in [5.74, 6) is 0. The van der Waals surface area contributed by atoms with E-state index in [4.69, 9.17) is 5.73 Å². The van der Waals surface area contributed by atoms with E-state index < -0.39 is 0 Å². The van der Waals surface area contributed by atoms with Gasteiger partial charge in [-0.2, -0.15) is 0 Å². The van der Waals surface area contributed by atoms with Crippen LogP contribution in [-0.2, 0) is 6.42 Å². The topological polar surface area (TPSA) is 26.0 Å². The molecule has 2 N–H and O–H groups in total. The summed E-state index contributed by atoms with van der Waals surface area (Å²) in [4.78, 5) is 1.42. The van der Waals surface area contributed by atoms with Crippen LogP contribution < -0.4 is 5.73 Å². The van der Waals surface area contributed by atoms with Crippen molar-refractivity contribution in [3.8, 4) is 0 Å². The molecule has 1 aliphatic rings. The first-order valence-corrected chi connectivity index (χ1v) is 4.60. The molecule has 0 amide bonds. The number of hydrogen-bond donors (Lipinski definition) is 1. The third-order valence-corrected chi connectivity index (χ3v) is 3.05. The van der Waals surface area contributed by atoms with Gasteiger partial charge in [0.1, 0.15) is 0 Å². The summed E-state index contributed by atoms with van der Waals surface area (Å²) >= 11 is 1.80. The molecular formula is C9H11NS. The molecule has 1 heterocycles. The van der Waals surface area contributed by atoms with E-state index in [0.717, 1.165) is 12.1 Å². The average molecular weight is 165 g/mol. The molecular weight excluding hydrogens is 154 g/mol. The maximum Gasteiger partial charge on any atom is 0.0314 e. The summed E-state index contributed by atoms with van der Waals surface area (Å²) in [6, 6.07) is 4.25. The Morgan fingerprint density at radius 3 is 2.82 bits per heavy atom. The van der Waals surface area contributed by atoms with Gasteiger partial charge >= 0.3 is 0 Å². The quantitative estimate of drug-likeness (QED) is 0.714. The van der Waals surface area contributed by atoms with Gasteiger partial charge in [0.25, 0.3) is 0 Å².